The first kappa shape index (κ1) is 16.4. The molecule has 0 saturated carbocycles. The Morgan fingerprint density at radius 2 is 1.55 bits per heavy atom. The van der Waals surface area contributed by atoms with Crippen molar-refractivity contribution >= 4 is 0 Å². The lowest BCUT2D eigenvalue weighted by molar-refractivity contribution is 0.239. The van der Waals surface area contributed by atoms with Crippen LogP contribution in [0.15, 0.2) is 48.5 Å². The molecule has 0 unspecified atom stereocenters. The van der Waals surface area contributed by atoms with Gasteiger partial charge in [0.1, 0.15) is 11.5 Å². The first-order valence-corrected chi connectivity index (χ1v) is 7.78. The first-order valence-electron chi connectivity index (χ1n) is 7.78. The molecule has 2 aromatic rings. The van der Waals surface area contributed by atoms with Crippen LogP contribution in [-0.4, -0.2) is 19.8 Å². The summed E-state index contributed by atoms with van der Waals surface area (Å²) in [6.07, 6.45) is 1.13. The number of hydrogen-bond donors (Lipinski definition) is 1. The third kappa shape index (κ3) is 4.78. The second kappa shape index (κ2) is 8.44. The van der Waals surface area contributed by atoms with Gasteiger partial charge in [-0.2, -0.15) is 0 Å². The first-order chi connectivity index (χ1) is 10.7. The molecule has 0 bridgehead atoms. The van der Waals surface area contributed by atoms with E-state index in [1.165, 1.54) is 11.1 Å². The van der Waals surface area contributed by atoms with Gasteiger partial charge in [-0.15, -0.1) is 0 Å². The molecule has 0 spiro atoms. The zero-order valence-electron chi connectivity index (χ0n) is 13.6. The summed E-state index contributed by atoms with van der Waals surface area (Å²) in [5.74, 6) is 1.91. The van der Waals surface area contributed by atoms with Crippen molar-refractivity contribution in [3.05, 3.63) is 59.7 Å². The Hall–Kier alpha value is -2.00. The van der Waals surface area contributed by atoms with Crippen LogP contribution >= 0.6 is 0 Å². The summed E-state index contributed by atoms with van der Waals surface area (Å²) in [5, 5.41) is 3.48. The molecule has 0 aliphatic rings. The van der Waals surface area contributed by atoms with E-state index in [-0.39, 0.29) is 6.10 Å². The molecule has 0 aliphatic heterocycles. The normalized spacial score (nSPS) is 10.7. The third-order valence-corrected chi connectivity index (χ3v) is 3.41. The predicted molar refractivity (Wildman–Crippen MR) is 90.6 cm³/mol. The molecule has 0 saturated heterocycles. The number of nitrogens with one attached hydrogen (secondary N) is 1. The van der Waals surface area contributed by atoms with Crippen molar-refractivity contribution in [1.29, 1.82) is 0 Å². The van der Waals surface area contributed by atoms with Gasteiger partial charge in [0.05, 0.1) is 13.2 Å². The zero-order chi connectivity index (χ0) is 15.8. The van der Waals surface area contributed by atoms with Crippen LogP contribution in [0, 0.1) is 0 Å². The molecule has 0 amide bonds. The highest BCUT2D eigenvalue weighted by Crippen LogP contribution is 2.20. The lowest BCUT2D eigenvalue weighted by Gasteiger charge is -2.15. The number of para-hydroxylation sites is 2. The monoisotopic (exact) mass is 299 g/mol. The van der Waals surface area contributed by atoms with Crippen LogP contribution in [0.5, 0.6) is 11.5 Å². The predicted octanol–water partition coefficient (Wildman–Crippen LogP) is 3.81. The highest BCUT2D eigenvalue weighted by atomic mass is 16.5. The Labute approximate surface area is 133 Å². The van der Waals surface area contributed by atoms with Crippen LogP contribution in [0.4, 0.5) is 0 Å². The molecule has 2 rings (SSSR count). The van der Waals surface area contributed by atoms with Gasteiger partial charge in [0.25, 0.3) is 0 Å². The Morgan fingerprint density at radius 1 is 0.909 bits per heavy atom. The second-order valence-corrected chi connectivity index (χ2v) is 5.51. The minimum Gasteiger partial charge on any atom is -0.496 e. The van der Waals surface area contributed by atoms with Crippen molar-refractivity contribution in [3.63, 3.8) is 0 Å². The van der Waals surface area contributed by atoms with Crippen LogP contribution in [0.3, 0.4) is 0 Å². The van der Waals surface area contributed by atoms with E-state index in [4.69, 9.17) is 9.47 Å². The molecule has 0 heterocycles. The Morgan fingerprint density at radius 3 is 2.23 bits per heavy atom. The number of rotatable bonds is 8. The summed E-state index contributed by atoms with van der Waals surface area (Å²) in [4.78, 5) is 0. The van der Waals surface area contributed by atoms with Crippen molar-refractivity contribution in [1.82, 2.24) is 5.32 Å². The number of benzene rings is 2. The van der Waals surface area contributed by atoms with Gasteiger partial charge in [0.2, 0.25) is 0 Å². The van der Waals surface area contributed by atoms with Crippen LogP contribution in [0.2, 0.25) is 0 Å². The van der Waals surface area contributed by atoms with E-state index in [0.717, 1.165) is 31.0 Å². The fraction of sp³-hybridized carbons (Fsp3) is 0.368. The molecule has 1 N–H and O–H groups in total. The standard InChI is InChI=1S/C19H25NO2/c1-15(2)22-19-11-7-5-9-17(19)14-20-13-12-16-8-4-6-10-18(16)21-3/h4-11,15,20H,12-14H2,1-3H3. The largest absolute Gasteiger partial charge is 0.496 e. The topological polar surface area (TPSA) is 30.5 Å². The minimum absolute atomic E-state index is 0.190. The van der Waals surface area contributed by atoms with E-state index in [0.29, 0.717) is 0 Å². The van der Waals surface area contributed by atoms with Crippen molar-refractivity contribution in [2.75, 3.05) is 13.7 Å². The van der Waals surface area contributed by atoms with E-state index in [9.17, 15) is 0 Å². The van der Waals surface area contributed by atoms with E-state index in [1.807, 2.05) is 50.2 Å². The van der Waals surface area contributed by atoms with Crippen LogP contribution in [0.25, 0.3) is 0 Å². The van der Waals surface area contributed by atoms with E-state index >= 15 is 0 Å². The van der Waals surface area contributed by atoms with Gasteiger partial charge in [-0.25, -0.2) is 0 Å². The molecule has 3 nitrogen and oxygen atoms in total. The van der Waals surface area contributed by atoms with Gasteiger partial charge >= 0.3 is 0 Å². The molecule has 0 radical (unpaired) electrons. The van der Waals surface area contributed by atoms with Crippen LogP contribution in [-0.2, 0) is 13.0 Å². The fourth-order valence-electron chi connectivity index (χ4n) is 2.37. The molecule has 0 aromatic heterocycles. The summed E-state index contributed by atoms with van der Waals surface area (Å²) < 4.78 is 11.2. The van der Waals surface area contributed by atoms with Gasteiger partial charge in [0, 0.05) is 12.1 Å². The smallest absolute Gasteiger partial charge is 0.124 e. The van der Waals surface area contributed by atoms with Crippen LogP contribution in [0.1, 0.15) is 25.0 Å². The molecular formula is C19H25NO2. The van der Waals surface area contributed by atoms with Crippen molar-refractivity contribution in [2.45, 2.75) is 32.9 Å². The van der Waals surface area contributed by atoms with Crippen molar-refractivity contribution in [3.8, 4) is 11.5 Å². The third-order valence-electron chi connectivity index (χ3n) is 3.41. The number of ether oxygens (including phenoxy) is 2. The molecule has 0 fully saturated rings. The summed E-state index contributed by atoms with van der Waals surface area (Å²) >= 11 is 0. The summed E-state index contributed by atoms with van der Waals surface area (Å²) in [6, 6.07) is 16.3. The maximum atomic E-state index is 5.84. The summed E-state index contributed by atoms with van der Waals surface area (Å²) in [5.41, 5.74) is 2.42. The van der Waals surface area contributed by atoms with E-state index < -0.39 is 0 Å². The lowest BCUT2D eigenvalue weighted by Crippen LogP contribution is -2.18. The van der Waals surface area contributed by atoms with Crippen molar-refractivity contribution < 1.29 is 9.47 Å². The summed E-state index contributed by atoms with van der Waals surface area (Å²) in [6.45, 7) is 5.80. The zero-order valence-corrected chi connectivity index (χ0v) is 13.6. The van der Waals surface area contributed by atoms with Gasteiger partial charge in [-0.05, 0) is 44.5 Å². The fourth-order valence-corrected chi connectivity index (χ4v) is 2.37. The number of hydrogen-bond acceptors (Lipinski definition) is 3. The van der Waals surface area contributed by atoms with Gasteiger partial charge in [-0.3, -0.25) is 0 Å². The molecule has 22 heavy (non-hydrogen) atoms. The lowest BCUT2D eigenvalue weighted by atomic mass is 10.1. The molecule has 0 atom stereocenters. The summed E-state index contributed by atoms with van der Waals surface area (Å²) in [7, 11) is 1.71. The van der Waals surface area contributed by atoms with E-state index in [2.05, 4.69) is 17.4 Å². The molecule has 118 valence electrons. The van der Waals surface area contributed by atoms with Crippen LogP contribution < -0.4 is 14.8 Å². The van der Waals surface area contributed by atoms with E-state index in [1.54, 1.807) is 7.11 Å². The Kier molecular flexibility index (Phi) is 6.28. The second-order valence-electron chi connectivity index (χ2n) is 5.51. The quantitative estimate of drug-likeness (QED) is 0.752. The maximum absolute atomic E-state index is 5.84. The van der Waals surface area contributed by atoms with Crippen molar-refractivity contribution in [2.24, 2.45) is 0 Å². The average molecular weight is 299 g/mol. The number of methoxy groups -OCH3 is 1. The van der Waals surface area contributed by atoms with Gasteiger partial charge in [0.15, 0.2) is 0 Å². The Bertz CT molecular complexity index is 581. The molecular weight excluding hydrogens is 274 g/mol. The van der Waals surface area contributed by atoms with Gasteiger partial charge < -0.3 is 14.8 Å². The van der Waals surface area contributed by atoms with Gasteiger partial charge in [-0.1, -0.05) is 36.4 Å². The minimum atomic E-state index is 0.190. The Balaban J connectivity index is 1.86. The molecule has 2 aromatic carbocycles. The average Bonchev–Trinajstić information content (AvgIpc) is 2.53. The highest BCUT2D eigenvalue weighted by Gasteiger charge is 2.05. The SMILES string of the molecule is COc1ccccc1CCNCc1ccccc1OC(C)C. The molecule has 3 heteroatoms. The maximum Gasteiger partial charge on any atom is 0.124 e. The molecule has 0 aliphatic carbocycles. The highest BCUT2D eigenvalue weighted by molar-refractivity contribution is 5.34.